The lowest BCUT2D eigenvalue weighted by Gasteiger charge is -2.09. The Morgan fingerprint density at radius 3 is 2.50 bits per heavy atom. The molecule has 18 heavy (non-hydrogen) atoms. The van der Waals surface area contributed by atoms with Gasteiger partial charge in [-0.2, -0.15) is 5.26 Å². The van der Waals surface area contributed by atoms with Crippen molar-refractivity contribution in [1.29, 1.82) is 5.26 Å². The molecule has 2 rings (SSSR count). The van der Waals surface area contributed by atoms with Gasteiger partial charge in [-0.15, -0.1) is 0 Å². The summed E-state index contributed by atoms with van der Waals surface area (Å²) in [5.41, 5.74) is 0.751. The summed E-state index contributed by atoms with van der Waals surface area (Å²) in [7, 11) is 0. The lowest BCUT2D eigenvalue weighted by molar-refractivity contribution is 0.440. The second kappa shape index (κ2) is 5.33. The summed E-state index contributed by atoms with van der Waals surface area (Å²) in [6.07, 6.45) is 0.616. The highest BCUT2D eigenvalue weighted by molar-refractivity contribution is 5.46. The number of hydrogen-bond acceptors (Lipinski definition) is 2. The van der Waals surface area contributed by atoms with Crippen molar-refractivity contribution in [2.24, 2.45) is 0 Å². The molecule has 0 aliphatic heterocycles. The normalized spacial score (nSPS) is 9.83. The van der Waals surface area contributed by atoms with Crippen molar-refractivity contribution < 1.29 is 9.13 Å². The number of ether oxygens (including phenoxy) is 1. The number of hydrogen-bond donors (Lipinski definition) is 0. The Balaban J connectivity index is 2.39. The van der Waals surface area contributed by atoms with Crippen molar-refractivity contribution in [1.82, 2.24) is 0 Å². The Bertz CT molecular complexity index is 587. The van der Waals surface area contributed by atoms with Gasteiger partial charge in [0.25, 0.3) is 0 Å². The quantitative estimate of drug-likeness (QED) is 0.812. The summed E-state index contributed by atoms with van der Waals surface area (Å²) in [5, 5.41) is 8.98. The van der Waals surface area contributed by atoms with Crippen molar-refractivity contribution in [3.05, 3.63) is 59.4 Å². The van der Waals surface area contributed by atoms with Crippen LogP contribution in [0.3, 0.4) is 0 Å². The molecule has 3 heteroatoms. The minimum atomic E-state index is -0.597. The van der Waals surface area contributed by atoms with Crippen LogP contribution in [-0.2, 0) is 6.42 Å². The minimum absolute atomic E-state index is 0.0610. The molecule has 0 saturated heterocycles. The van der Waals surface area contributed by atoms with Crippen molar-refractivity contribution in [2.75, 3.05) is 0 Å². The first-order chi connectivity index (χ1) is 8.76. The SMILES string of the molecule is CCc1ccc(Oc2ccccc2)c(F)c1C#N. The molecule has 0 N–H and O–H groups in total. The van der Waals surface area contributed by atoms with Crippen LogP contribution in [-0.4, -0.2) is 0 Å². The van der Waals surface area contributed by atoms with Gasteiger partial charge in [0.1, 0.15) is 11.8 Å². The van der Waals surface area contributed by atoms with E-state index in [2.05, 4.69) is 0 Å². The van der Waals surface area contributed by atoms with Gasteiger partial charge in [0.2, 0.25) is 0 Å². The average molecular weight is 241 g/mol. The predicted molar refractivity (Wildman–Crippen MR) is 67.0 cm³/mol. The van der Waals surface area contributed by atoms with Crippen LogP contribution in [0.15, 0.2) is 42.5 Å². The van der Waals surface area contributed by atoms with Crippen LogP contribution in [0.4, 0.5) is 4.39 Å². The van der Waals surface area contributed by atoms with Gasteiger partial charge in [-0.05, 0) is 30.2 Å². The monoisotopic (exact) mass is 241 g/mol. The molecule has 0 spiro atoms. The van der Waals surface area contributed by atoms with Gasteiger partial charge in [-0.25, -0.2) is 4.39 Å². The van der Waals surface area contributed by atoms with E-state index in [1.165, 1.54) is 0 Å². The molecule has 0 fully saturated rings. The molecular formula is C15H12FNO. The lowest BCUT2D eigenvalue weighted by atomic mass is 10.1. The van der Waals surface area contributed by atoms with Gasteiger partial charge in [0.05, 0.1) is 5.56 Å². The number of benzene rings is 2. The van der Waals surface area contributed by atoms with Gasteiger partial charge in [0, 0.05) is 0 Å². The smallest absolute Gasteiger partial charge is 0.183 e. The van der Waals surface area contributed by atoms with Crippen molar-refractivity contribution in [3.63, 3.8) is 0 Å². The predicted octanol–water partition coefficient (Wildman–Crippen LogP) is 4.05. The molecule has 0 saturated carbocycles. The van der Waals surface area contributed by atoms with E-state index in [9.17, 15) is 4.39 Å². The second-order valence-electron chi connectivity index (χ2n) is 3.79. The zero-order valence-electron chi connectivity index (χ0n) is 9.98. The Kier molecular flexibility index (Phi) is 3.59. The highest BCUT2D eigenvalue weighted by Crippen LogP contribution is 2.28. The molecule has 0 aromatic heterocycles. The third kappa shape index (κ3) is 2.33. The van der Waals surface area contributed by atoms with Gasteiger partial charge in [-0.1, -0.05) is 31.2 Å². The van der Waals surface area contributed by atoms with Crippen LogP contribution in [0.2, 0.25) is 0 Å². The first-order valence-electron chi connectivity index (χ1n) is 5.70. The number of nitrogens with zero attached hydrogens (tertiary/aromatic N) is 1. The highest BCUT2D eigenvalue weighted by atomic mass is 19.1. The van der Waals surface area contributed by atoms with E-state index in [0.717, 1.165) is 0 Å². The Hall–Kier alpha value is -2.34. The third-order valence-corrected chi connectivity index (χ3v) is 2.66. The maximum Gasteiger partial charge on any atom is 0.183 e. The first-order valence-corrected chi connectivity index (χ1v) is 5.70. The van der Waals surface area contributed by atoms with Gasteiger partial charge in [0.15, 0.2) is 11.6 Å². The van der Waals surface area contributed by atoms with Crippen molar-refractivity contribution in [2.45, 2.75) is 13.3 Å². The molecular weight excluding hydrogens is 229 g/mol. The van der Waals surface area contributed by atoms with E-state index < -0.39 is 5.82 Å². The zero-order valence-corrected chi connectivity index (χ0v) is 9.98. The molecule has 0 aliphatic carbocycles. The molecule has 0 amide bonds. The van der Waals surface area contributed by atoms with Crippen LogP contribution in [0.25, 0.3) is 0 Å². The van der Waals surface area contributed by atoms with Crippen molar-refractivity contribution in [3.8, 4) is 17.6 Å². The number of aryl methyl sites for hydroxylation is 1. The fourth-order valence-corrected chi connectivity index (χ4v) is 1.71. The largest absolute Gasteiger partial charge is 0.454 e. The first kappa shape index (κ1) is 12.1. The molecule has 0 unspecified atom stereocenters. The summed E-state index contributed by atoms with van der Waals surface area (Å²) < 4.78 is 19.5. The zero-order chi connectivity index (χ0) is 13.0. The van der Waals surface area contributed by atoms with E-state index in [-0.39, 0.29) is 11.3 Å². The summed E-state index contributed by atoms with van der Waals surface area (Å²) in [4.78, 5) is 0. The van der Waals surface area contributed by atoms with Gasteiger partial charge >= 0.3 is 0 Å². The minimum Gasteiger partial charge on any atom is -0.454 e. The Morgan fingerprint density at radius 2 is 1.89 bits per heavy atom. The summed E-state index contributed by atoms with van der Waals surface area (Å²) >= 11 is 0. The number of rotatable bonds is 3. The topological polar surface area (TPSA) is 33.0 Å². The molecule has 2 aromatic rings. The van der Waals surface area contributed by atoms with E-state index in [1.54, 1.807) is 36.4 Å². The van der Waals surface area contributed by atoms with Crippen LogP contribution in [0, 0.1) is 17.1 Å². The maximum atomic E-state index is 14.1. The molecule has 90 valence electrons. The average Bonchev–Trinajstić information content (AvgIpc) is 2.42. The molecule has 0 aliphatic rings. The van der Waals surface area contributed by atoms with Crippen LogP contribution in [0.5, 0.6) is 11.5 Å². The van der Waals surface area contributed by atoms with Crippen molar-refractivity contribution >= 4 is 0 Å². The van der Waals surface area contributed by atoms with Crippen LogP contribution in [0.1, 0.15) is 18.1 Å². The maximum absolute atomic E-state index is 14.1. The number of halogens is 1. The summed E-state index contributed by atoms with van der Waals surface area (Å²) in [6, 6.07) is 14.1. The molecule has 0 atom stereocenters. The number of nitriles is 1. The number of para-hydroxylation sites is 1. The molecule has 0 bridgehead atoms. The van der Waals surface area contributed by atoms with Gasteiger partial charge in [-0.3, -0.25) is 0 Å². The summed E-state index contributed by atoms with van der Waals surface area (Å²) in [6.45, 7) is 1.88. The van der Waals surface area contributed by atoms with E-state index >= 15 is 0 Å². The Morgan fingerprint density at radius 1 is 1.17 bits per heavy atom. The van der Waals surface area contributed by atoms with Crippen LogP contribution >= 0.6 is 0 Å². The van der Waals surface area contributed by atoms with Gasteiger partial charge < -0.3 is 4.74 Å². The van der Waals surface area contributed by atoms with E-state index in [4.69, 9.17) is 10.00 Å². The highest BCUT2D eigenvalue weighted by Gasteiger charge is 2.13. The van der Waals surface area contributed by atoms with E-state index in [0.29, 0.717) is 17.7 Å². The summed E-state index contributed by atoms with van der Waals surface area (Å²) in [5.74, 6) is 0.0280. The molecule has 0 heterocycles. The fourth-order valence-electron chi connectivity index (χ4n) is 1.71. The van der Waals surface area contributed by atoms with Crippen LogP contribution < -0.4 is 4.74 Å². The molecule has 2 nitrogen and oxygen atoms in total. The fraction of sp³-hybridized carbons (Fsp3) is 0.133. The standard InChI is InChI=1S/C15H12FNO/c1-2-11-8-9-14(15(16)13(11)10-17)18-12-6-4-3-5-7-12/h3-9H,2H2,1H3. The van der Waals surface area contributed by atoms with E-state index in [1.807, 2.05) is 19.1 Å². The second-order valence-corrected chi connectivity index (χ2v) is 3.79. The third-order valence-electron chi connectivity index (χ3n) is 2.66. The Labute approximate surface area is 105 Å². The molecule has 2 aromatic carbocycles. The lowest BCUT2D eigenvalue weighted by Crippen LogP contribution is -1.96. The molecule has 0 radical (unpaired) electrons.